The zero-order valence-corrected chi connectivity index (χ0v) is 9.34. The number of aliphatic hydroxyl groups excluding tert-OH is 1. The maximum Gasteiger partial charge on any atom is 0.130 e. The molecule has 1 unspecified atom stereocenters. The van der Waals surface area contributed by atoms with Crippen molar-refractivity contribution in [3.8, 4) is 6.07 Å². The summed E-state index contributed by atoms with van der Waals surface area (Å²) in [6, 6.07) is 6.34. The van der Waals surface area contributed by atoms with Crippen molar-refractivity contribution in [3.05, 3.63) is 34.6 Å². The van der Waals surface area contributed by atoms with Gasteiger partial charge >= 0.3 is 0 Å². The van der Waals surface area contributed by atoms with Gasteiger partial charge in [-0.1, -0.05) is 24.1 Å². The van der Waals surface area contributed by atoms with Crippen molar-refractivity contribution in [2.45, 2.75) is 25.4 Å². The minimum Gasteiger partial charge on any atom is -0.387 e. The molecule has 2 nitrogen and oxygen atoms in total. The Morgan fingerprint density at radius 1 is 1.50 bits per heavy atom. The van der Waals surface area contributed by atoms with Crippen LogP contribution in [0.15, 0.2) is 18.2 Å². The summed E-state index contributed by atoms with van der Waals surface area (Å²) in [5, 5.41) is 19.4. The van der Waals surface area contributed by atoms with Crippen molar-refractivity contribution in [2.75, 3.05) is 0 Å². The molecular formula is C12H11ClFNO. The van der Waals surface area contributed by atoms with Crippen LogP contribution in [-0.4, -0.2) is 5.11 Å². The molecular weight excluding hydrogens is 229 g/mol. The molecule has 0 aliphatic heterocycles. The highest BCUT2D eigenvalue weighted by Gasteiger charge is 2.46. The third kappa shape index (κ3) is 1.59. The van der Waals surface area contributed by atoms with Crippen LogP contribution in [0.3, 0.4) is 0 Å². The molecule has 1 aliphatic rings. The smallest absolute Gasteiger partial charge is 0.130 e. The van der Waals surface area contributed by atoms with E-state index in [1.807, 2.05) is 0 Å². The summed E-state index contributed by atoms with van der Waals surface area (Å²) >= 11 is 5.86. The SMILES string of the molecule is N#CC1(C(O)c2c(F)cccc2Cl)CCC1. The first kappa shape index (κ1) is 11.4. The number of rotatable bonds is 2. The molecule has 4 heteroatoms. The van der Waals surface area contributed by atoms with E-state index < -0.39 is 17.3 Å². The van der Waals surface area contributed by atoms with Gasteiger partial charge in [-0.05, 0) is 25.0 Å². The summed E-state index contributed by atoms with van der Waals surface area (Å²) in [6.45, 7) is 0. The fourth-order valence-corrected chi connectivity index (χ4v) is 2.32. The average molecular weight is 240 g/mol. The molecule has 1 atom stereocenters. The van der Waals surface area contributed by atoms with Gasteiger partial charge < -0.3 is 5.11 Å². The number of benzene rings is 1. The molecule has 0 aromatic heterocycles. The first-order valence-electron chi connectivity index (χ1n) is 5.14. The maximum atomic E-state index is 13.6. The van der Waals surface area contributed by atoms with E-state index in [-0.39, 0.29) is 10.6 Å². The lowest BCUT2D eigenvalue weighted by Gasteiger charge is -2.39. The predicted octanol–water partition coefficient (Wildman–Crippen LogP) is 3.21. The molecule has 0 heterocycles. The zero-order valence-electron chi connectivity index (χ0n) is 8.58. The van der Waals surface area contributed by atoms with Gasteiger partial charge in [0, 0.05) is 10.6 Å². The molecule has 0 amide bonds. The van der Waals surface area contributed by atoms with E-state index in [1.54, 1.807) is 0 Å². The van der Waals surface area contributed by atoms with Gasteiger partial charge in [-0.15, -0.1) is 0 Å². The number of nitriles is 1. The number of hydrogen-bond acceptors (Lipinski definition) is 2. The molecule has 0 bridgehead atoms. The van der Waals surface area contributed by atoms with Crippen LogP contribution in [0, 0.1) is 22.6 Å². The first-order chi connectivity index (χ1) is 7.60. The Kier molecular flexibility index (Phi) is 2.88. The molecule has 2 rings (SSSR count). The highest BCUT2D eigenvalue weighted by molar-refractivity contribution is 6.31. The minimum absolute atomic E-state index is 0.0467. The molecule has 0 saturated heterocycles. The topological polar surface area (TPSA) is 44.0 Å². The van der Waals surface area contributed by atoms with Crippen molar-refractivity contribution in [2.24, 2.45) is 5.41 Å². The van der Waals surface area contributed by atoms with Crippen molar-refractivity contribution < 1.29 is 9.50 Å². The number of halogens is 2. The molecule has 0 spiro atoms. The highest BCUT2D eigenvalue weighted by Crippen LogP contribution is 2.51. The van der Waals surface area contributed by atoms with E-state index in [0.29, 0.717) is 12.8 Å². The normalized spacial score (nSPS) is 19.6. The largest absolute Gasteiger partial charge is 0.387 e. The van der Waals surface area contributed by atoms with Gasteiger partial charge in [-0.25, -0.2) is 4.39 Å². The van der Waals surface area contributed by atoms with E-state index in [4.69, 9.17) is 16.9 Å². The Morgan fingerprint density at radius 3 is 2.62 bits per heavy atom. The second-order valence-corrected chi connectivity index (χ2v) is 4.57. The van der Waals surface area contributed by atoms with Crippen LogP contribution in [0.25, 0.3) is 0 Å². The van der Waals surface area contributed by atoms with Gasteiger partial charge in [0.15, 0.2) is 0 Å². The molecule has 1 saturated carbocycles. The van der Waals surface area contributed by atoms with E-state index in [9.17, 15) is 9.50 Å². The summed E-state index contributed by atoms with van der Waals surface area (Å²) < 4.78 is 13.6. The van der Waals surface area contributed by atoms with Gasteiger partial charge in [0.1, 0.15) is 11.9 Å². The van der Waals surface area contributed by atoms with Crippen LogP contribution in [0.2, 0.25) is 5.02 Å². The second kappa shape index (κ2) is 4.04. The Labute approximate surface area is 98.3 Å². The lowest BCUT2D eigenvalue weighted by molar-refractivity contribution is 0.00572. The summed E-state index contributed by atoms with van der Waals surface area (Å²) in [5.74, 6) is -0.554. The van der Waals surface area contributed by atoms with Gasteiger partial charge in [-0.2, -0.15) is 5.26 Å². The summed E-state index contributed by atoms with van der Waals surface area (Å²) in [4.78, 5) is 0. The van der Waals surface area contributed by atoms with Crippen LogP contribution in [0.4, 0.5) is 4.39 Å². The standard InChI is InChI=1S/C12H11ClFNO/c13-8-3-1-4-9(14)10(8)11(16)12(7-15)5-2-6-12/h1,3-4,11,16H,2,5-6H2. The molecule has 1 N–H and O–H groups in total. The van der Waals surface area contributed by atoms with E-state index in [1.165, 1.54) is 18.2 Å². The lowest BCUT2D eigenvalue weighted by Crippen LogP contribution is -2.35. The third-order valence-corrected chi connectivity index (χ3v) is 3.59. The van der Waals surface area contributed by atoms with Crippen LogP contribution >= 0.6 is 11.6 Å². The van der Waals surface area contributed by atoms with Crippen LogP contribution < -0.4 is 0 Å². The lowest BCUT2D eigenvalue weighted by atomic mass is 9.64. The Hall–Kier alpha value is -1.11. The summed E-state index contributed by atoms with van der Waals surface area (Å²) in [7, 11) is 0. The molecule has 16 heavy (non-hydrogen) atoms. The monoisotopic (exact) mass is 239 g/mol. The Morgan fingerprint density at radius 2 is 2.19 bits per heavy atom. The molecule has 0 radical (unpaired) electrons. The van der Waals surface area contributed by atoms with Crippen LogP contribution in [-0.2, 0) is 0 Å². The van der Waals surface area contributed by atoms with Crippen molar-refractivity contribution >= 4 is 11.6 Å². The average Bonchev–Trinajstić information content (AvgIpc) is 2.16. The summed E-state index contributed by atoms with van der Waals surface area (Å²) in [5.41, 5.74) is -0.809. The van der Waals surface area contributed by atoms with E-state index >= 15 is 0 Å². The number of hydrogen-bond donors (Lipinski definition) is 1. The third-order valence-electron chi connectivity index (χ3n) is 3.27. The van der Waals surface area contributed by atoms with Gasteiger partial charge in [0.2, 0.25) is 0 Å². The van der Waals surface area contributed by atoms with Crippen molar-refractivity contribution in [1.82, 2.24) is 0 Å². The number of nitrogens with zero attached hydrogens (tertiary/aromatic N) is 1. The molecule has 84 valence electrons. The van der Waals surface area contributed by atoms with Gasteiger partial charge in [-0.3, -0.25) is 0 Å². The van der Waals surface area contributed by atoms with Crippen molar-refractivity contribution in [3.63, 3.8) is 0 Å². The number of aliphatic hydroxyl groups is 1. The fraction of sp³-hybridized carbons (Fsp3) is 0.417. The highest BCUT2D eigenvalue weighted by atomic mass is 35.5. The minimum atomic E-state index is -1.14. The Balaban J connectivity index is 2.41. The first-order valence-corrected chi connectivity index (χ1v) is 5.52. The molecule has 1 fully saturated rings. The quantitative estimate of drug-likeness (QED) is 0.861. The van der Waals surface area contributed by atoms with Gasteiger partial charge in [0.25, 0.3) is 0 Å². The summed E-state index contributed by atoms with van der Waals surface area (Å²) in [6.07, 6.45) is 0.932. The molecule has 1 aromatic carbocycles. The predicted molar refractivity (Wildman–Crippen MR) is 58.3 cm³/mol. The van der Waals surface area contributed by atoms with Crippen LogP contribution in [0.1, 0.15) is 30.9 Å². The maximum absolute atomic E-state index is 13.6. The van der Waals surface area contributed by atoms with E-state index in [0.717, 1.165) is 6.42 Å². The molecule has 1 aliphatic carbocycles. The zero-order chi connectivity index (χ0) is 11.8. The fourth-order valence-electron chi connectivity index (χ4n) is 2.05. The second-order valence-electron chi connectivity index (χ2n) is 4.16. The molecule has 1 aromatic rings. The van der Waals surface area contributed by atoms with Gasteiger partial charge in [0.05, 0.1) is 11.5 Å². The van der Waals surface area contributed by atoms with E-state index in [2.05, 4.69) is 6.07 Å². The Bertz CT molecular complexity index is 431. The van der Waals surface area contributed by atoms with Crippen molar-refractivity contribution in [1.29, 1.82) is 5.26 Å². The van der Waals surface area contributed by atoms with Crippen LogP contribution in [0.5, 0.6) is 0 Å².